The molecule has 1 aromatic heterocycles. The van der Waals surface area contributed by atoms with E-state index < -0.39 is 5.91 Å². The van der Waals surface area contributed by atoms with Crippen molar-refractivity contribution in [1.29, 1.82) is 0 Å². The zero-order chi connectivity index (χ0) is 18.5. The molecule has 132 valence electrons. The summed E-state index contributed by atoms with van der Waals surface area (Å²) in [6.07, 6.45) is 1.41. The number of nitrogens with one attached hydrogen (secondary N) is 2. The van der Waals surface area contributed by atoms with Gasteiger partial charge < -0.3 is 9.84 Å². The summed E-state index contributed by atoms with van der Waals surface area (Å²) in [5.74, 6) is -0.0889. The van der Waals surface area contributed by atoms with Crippen LogP contribution in [-0.4, -0.2) is 34.5 Å². The summed E-state index contributed by atoms with van der Waals surface area (Å²) in [7, 11) is 1.46. The number of carbonyl (C=O) groups is 1. The van der Waals surface area contributed by atoms with Gasteiger partial charge in [0.25, 0.3) is 5.91 Å². The van der Waals surface area contributed by atoms with Gasteiger partial charge in [-0.3, -0.25) is 9.89 Å². The van der Waals surface area contributed by atoms with Gasteiger partial charge in [0.05, 0.1) is 19.0 Å². The van der Waals surface area contributed by atoms with Gasteiger partial charge in [-0.1, -0.05) is 23.7 Å². The Morgan fingerprint density at radius 3 is 2.73 bits per heavy atom. The molecule has 0 aliphatic carbocycles. The van der Waals surface area contributed by atoms with Crippen LogP contribution in [0, 0.1) is 0 Å². The number of hydrogen-bond acceptors (Lipinski definition) is 5. The number of halogens is 1. The van der Waals surface area contributed by atoms with E-state index in [-0.39, 0.29) is 11.4 Å². The standard InChI is InChI=1S/C18H15ClN4O3/c1-26-17-7-2-11(8-16(17)24)10-20-23-18(25)15-9-14(21-22-15)12-3-5-13(19)6-4-12/h2-10,24H,1H3,(H,21,22)(H,23,25). The Morgan fingerprint density at radius 2 is 2.04 bits per heavy atom. The number of aromatic hydroxyl groups is 1. The molecule has 0 fully saturated rings. The first-order chi connectivity index (χ1) is 12.6. The van der Waals surface area contributed by atoms with Gasteiger partial charge >= 0.3 is 0 Å². The van der Waals surface area contributed by atoms with E-state index in [1.54, 1.807) is 30.3 Å². The second-order valence-corrected chi connectivity index (χ2v) is 5.74. The number of ether oxygens (including phenoxy) is 1. The van der Waals surface area contributed by atoms with Gasteiger partial charge in [0, 0.05) is 10.6 Å². The lowest BCUT2D eigenvalue weighted by Gasteiger charge is -2.03. The van der Waals surface area contributed by atoms with Crippen molar-refractivity contribution in [2.45, 2.75) is 0 Å². The maximum atomic E-state index is 12.1. The van der Waals surface area contributed by atoms with E-state index >= 15 is 0 Å². The molecule has 0 saturated carbocycles. The summed E-state index contributed by atoms with van der Waals surface area (Å²) < 4.78 is 4.96. The van der Waals surface area contributed by atoms with Gasteiger partial charge in [0.2, 0.25) is 0 Å². The van der Waals surface area contributed by atoms with Crippen molar-refractivity contribution in [3.63, 3.8) is 0 Å². The van der Waals surface area contributed by atoms with Crippen LogP contribution < -0.4 is 10.2 Å². The number of phenols is 1. The molecule has 0 saturated heterocycles. The van der Waals surface area contributed by atoms with Crippen LogP contribution >= 0.6 is 11.6 Å². The maximum absolute atomic E-state index is 12.1. The Bertz CT molecular complexity index is 951. The number of phenolic OH excluding ortho intramolecular Hbond substituents is 1. The summed E-state index contributed by atoms with van der Waals surface area (Å²) in [6, 6.07) is 13.5. The van der Waals surface area contributed by atoms with Crippen LogP contribution in [0.1, 0.15) is 16.1 Å². The molecule has 3 N–H and O–H groups in total. The number of aromatic nitrogens is 2. The van der Waals surface area contributed by atoms with Crippen molar-refractivity contribution < 1.29 is 14.6 Å². The molecular formula is C18H15ClN4O3. The average molecular weight is 371 g/mol. The molecule has 0 unspecified atom stereocenters. The molecule has 1 heterocycles. The molecule has 2 aromatic carbocycles. The third-order valence-electron chi connectivity index (χ3n) is 3.55. The van der Waals surface area contributed by atoms with Crippen molar-refractivity contribution in [2.75, 3.05) is 7.11 Å². The van der Waals surface area contributed by atoms with Crippen molar-refractivity contribution in [3.8, 4) is 22.8 Å². The van der Waals surface area contributed by atoms with Gasteiger partial charge in [-0.25, -0.2) is 5.43 Å². The normalized spacial score (nSPS) is 10.8. The number of hydrazone groups is 1. The molecule has 7 nitrogen and oxygen atoms in total. The van der Waals surface area contributed by atoms with Crippen LogP contribution in [0.5, 0.6) is 11.5 Å². The van der Waals surface area contributed by atoms with Crippen LogP contribution in [0.25, 0.3) is 11.3 Å². The Morgan fingerprint density at radius 1 is 1.27 bits per heavy atom. The highest BCUT2D eigenvalue weighted by atomic mass is 35.5. The number of H-pyrrole nitrogens is 1. The molecule has 8 heteroatoms. The van der Waals surface area contributed by atoms with E-state index in [9.17, 15) is 9.90 Å². The number of carbonyl (C=O) groups excluding carboxylic acids is 1. The lowest BCUT2D eigenvalue weighted by Crippen LogP contribution is -2.17. The molecule has 3 aromatic rings. The third kappa shape index (κ3) is 4.01. The molecule has 0 bridgehead atoms. The highest BCUT2D eigenvalue weighted by Crippen LogP contribution is 2.25. The minimum Gasteiger partial charge on any atom is -0.504 e. The molecule has 0 spiro atoms. The van der Waals surface area contributed by atoms with E-state index in [2.05, 4.69) is 20.7 Å². The molecule has 0 aliphatic rings. The highest BCUT2D eigenvalue weighted by molar-refractivity contribution is 6.30. The molecule has 3 rings (SSSR count). The smallest absolute Gasteiger partial charge is 0.289 e. The SMILES string of the molecule is COc1ccc(C=NNC(=O)c2cc(-c3ccc(Cl)cc3)n[nH]2)cc1O. The fraction of sp³-hybridized carbons (Fsp3) is 0.0556. The first-order valence-corrected chi connectivity index (χ1v) is 7.96. The van der Waals surface area contributed by atoms with Gasteiger partial charge in [-0.15, -0.1) is 0 Å². The second-order valence-electron chi connectivity index (χ2n) is 5.30. The van der Waals surface area contributed by atoms with E-state index in [4.69, 9.17) is 16.3 Å². The van der Waals surface area contributed by atoms with Crippen LogP contribution in [0.2, 0.25) is 5.02 Å². The summed E-state index contributed by atoms with van der Waals surface area (Å²) in [4.78, 5) is 12.1. The predicted octanol–water partition coefficient (Wildman–Crippen LogP) is 3.21. The van der Waals surface area contributed by atoms with Crippen LogP contribution in [0.15, 0.2) is 53.6 Å². The molecular weight excluding hydrogens is 356 g/mol. The lowest BCUT2D eigenvalue weighted by molar-refractivity contribution is 0.0950. The number of methoxy groups -OCH3 is 1. The quantitative estimate of drug-likeness (QED) is 0.474. The van der Waals surface area contributed by atoms with E-state index in [0.29, 0.717) is 22.0 Å². The fourth-order valence-electron chi connectivity index (χ4n) is 2.22. The Labute approximate surface area is 154 Å². The van der Waals surface area contributed by atoms with Crippen LogP contribution in [0.3, 0.4) is 0 Å². The first-order valence-electron chi connectivity index (χ1n) is 7.58. The Kier molecular flexibility index (Phi) is 5.19. The van der Waals surface area contributed by atoms with Gasteiger partial charge in [0.1, 0.15) is 5.69 Å². The summed E-state index contributed by atoms with van der Waals surface area (Å²) in [5, 5.41) is 21.0. The molecule has 1 amide bonds. The van der Waals surface area contributed by atoms with Gasteiger partial charge in [-0.2, -0.15) is 10.2 Å². The lowest BCUT2D eigenvalue weighted by atomic mass is 10.1. The number of rotatable bonds is 5. The second kappa shape index (κ2) is 7.71. The Hall–Kier alpha value is -3.32. The van der Waals surface area contributed by atoms with Gasteiger partial charge in [-0.05, 0) is 42.0 Å². The number of benzene rings is 2. The molecule has 0 aliphatic heterocycles. The largest absolute Gasteiger partial charge is 0.504 e. The van der Waals surface area contributed by atoms with Gasteiger partial charge in [0.15, 0.2) is 11.5 Å². The van der Waals surface area contributed by atoms with Crippen molar-refractivity contribution in [1.82, 2.24) is 15.6 Å². The van der Waals surface area contributed by atoms with Crippen LogP contribution in [-0.2, 0) is 0 Å². The highest BCUT2D eigenvalue weighted by Gasteiger charge is 2.10. The monoisotopic (exact) mass is 370 g/mol. The van der Waals surface area contributed by atoms with Crippen molar-refractivity contribution in [2.24, 2.45) is 5.10 Å². The van der Waals surface area contributed by atoms with E-state index in [1.807, 2.05) is 12.1 Å². The van der Waals surface area contributed by atoms with Crippen molar-refractivity contribution >= 4 is 23.7 Å². The average Bonchev–Trinajstić information content (AvgIpc) is 3.12. The molecule has 0 atom stereocenters. The summed E-state index contributed by atoms with van der Waals surface area (Å²) in [5.41, 5.74) is 4.73. The number of aromatic amines is 1. The summed E-state index contributed by atoms with van der Waals surface area (Å²) in [6.45, 7) is 0. The number of hydrogen-bond donors (Lipinski definition) is 3. The van der Waals surface area contributed by atoms with Crippen molar-refractivity contribution in [3.05, 3.63) is 64.8 Å². The minimum atomic E-state index is -0.438. The fourth-order valence-corrected chi connectivity index (χ4v) is 2.35. The van der Waals surface area contributed by atoms with Crippen LogP contribution in [0.4, 0.5) is 0 Å². The number of nitrogens with zero attached hydrogens (tertiary/aromatic N) is 2. The summed E-state index contributed by atoms with van der Waals surface area (Å²) >= 11 is 5.86. The maximum Gasteiger partial charge on any atom is 0.289 e. The van der Waals surface area contributed by atoms with E-state index in [0.717, 1.165) is 5.56 Å². The first kappa shape index (κ1) is 17.5. The predicted molar refractivity (Wildman–Crippen MR) is 98.8 cm³/mol. The Balaban J connectivity index is 1.65. The molecule has 26 heavy (non-hydrogen) atoms. The third-order valence-corrected chi connectivity index (χ3v) is 3.80. The minimum absolute atomic E-state index is 0.0102. The molecule has 0 radical (unpaired) electrons. The zero-order valence-electron chi connectivity index (χ0n) is 13.7. The topological polar surface area (TPSA) is 99.6 Å². The number of amides is 1. The zero-order valence-corrected chi connectivity index (χ0v) is 14.5. The van der Waals surface area contributed by atoms with E-state index in [1.165, 1.54) is 19.4 Å².